The van der Waals surface area contributed by atoms with Gasteiger partial charge in [0, 0.05) is 25.3 Å². The van der Waals surface area contributed by atoms with E-state index in [1.165, 1.54) is 13.2 Å². The van der Waals surface area contributed by atoms with E-state index in [1.54, 1.807) is 0 Å². The minimum absolute atomic E-state index is 0. The summed E-state index contributed by atoms with van der Waals surface area (Å²) in [6.45, 7) is 0.233. The van der Waals surface area contributed by atoms with Crippen molar-refractivity contribution in [1.29, 1.82) is 0 Å². The van der Waals surface area contributed by atoms with Gasteiger partial charge in [-0.3, -0.25) is 0 Å². The number of nitrogens with zero attached hydrogens (tertiary/aromatic N) is 1. The van der Waals surface area contributed by atoms with Crippen LogP contribution in [0.4, 0.5) is 26.3 Å². The van der Waals surface area contributed by atoms with Crippen LogP contribution in [0, 0.1) is 0 Å². The van der Waals surface area contributed by atoms with Crippen molar-refractivity contribution in [2.45, 2.75) is 30.9 Å². The number of aliphatic hydroxyl groups excluding tert-OH is 1. The molecule has 204 valence electrons. The highest BCUT2D eigenvalue weighted by molar-refractivity contribution is 7.59. The highest BCUT2D eigenvalue weighted by atomic mass is 32.1. The number of methoxy groups -OCH3 is 1. The Balaban J connectivity index is 0.00000342. The van der Waals surface area contributed by atoms with Crippen molar-refractivity contribution in [3.05, 3.63) is 89.1 Å². The molecule has 2 aromatic carbocycles. The average molecular weight is 567 g/mol. The van der Waals surface area contributed by atoms with Gasteiger partial charge in [0.25, 0.3) is 0 Å². The van der Waals surface area contributed by atoms with Crippen LogP contribution in [0.3, 0.4) is 0 Å². The van der Waals surface area contributed by atoms with Crippen LogP contribution in [0.25, 0.3) is 11.3 Å². The van der Waals surface area contributed by atoms with Crippen LogP contribution >= 0.6 is 27.0 Å². The quantitative estimate of drug-likeness (QED) is 0.317. The maximum Gasteiger partial charge on any atom is 0.433 e. The Labute approximate surface area is 225 Å². The van der Waals surface area contributed by atoms with E-state index in [9.17, 15) is 31.4 Å². The van der Waals surface area contributed by atoms with E-state index in [2.05, 4.69) is 10.3 Å². The monoisotopic (exact) mass is 566 g/mol. The molecule has 2 atom stereocenters. The SMILES string of the molecule is COC[C@H](Cc1ccccc1)NC[C@@H](O)c1cc(-c2ccc(C(F)(F)F)cc2)nc(C(F)(F)F)c1.S.S. The molecule has 0 spiro atoms. The van der Waals surface area contributed by atoms with E-state index < -0.39 is 29.7 Å². The molecular weight excluding hydrogens is 538 g/mol. The van der Waals surface area contributed by atoms with E-state index in [1.807, 2.05) is 30.3 Å². The smallest absolute Gasteiger partial charge is 0.387 e. The maximum absolute atomic E-state index is 13.5. The Morgan fingerprint density at radius 1 is 0.892 bits per heavy atom. The predicted octanol–water partition coefficient (Wildman–Crippen LogP) is 5.89. The number of aliphatic hydroxyl groups is 1. The summed E-state index contributed by atoms with van der Waals surface area (Å²) in [7, 11) is 1.52. The van der Waals surface area contributed by atoms with Crippen LogP contribution in [-0.4, -0.2) is 36.4 Å². The summed E-state index contributed by atoms with van der Waals surface area (Å²) in [5.41, 5.74) is -1.36. The number of hydrogen-bond donors (Lipinski definition) is 2. The van der Waals surface area contributed by atoms with E-state index in [-0.39, 0.29) is 56.4 Å². The summed E-state index contributed by atoms with van der Waals surface area (Å²) in [6.07, 6.45) is -10.1. The third kappa shape index (κ3) is 9.53. The molecule has 0 aliphatic rings. The molecule has 0 aliphatic carbocycles. The number of halogens is 6. The fourth-order valence-electron chi connectivity index (χ4n) is 3.55. The fraction of sp³-hybridized carbons (Fsp3) is 0.320. The van der Waals surface area contributed by atoms with Crippen molar-refractivity contribution < 1.29 is 36.2 Å². The van der Waals surface area contributed by atoms with Crippen molar-refractivity contribution in [3.8, 4) is 11.3 Å². The topological polar surface area (TPSA) is 54.4 Å². The lowest BCUT2D eigenvalue weighted by Gasteiger charge is -2.21. The highest BCUT2D eigenvalue weighted by Crippen LogP contribution is 2.34. The first kappa shape index (κ1) is 32.8. The van der Waals surface area contributed by atoms with Gasteiger partial charge in [0.15, 0.2) is 0 Å². The number of hydrogen-bond acceptors (Lipinski definition) is 4. The Hall–Kier alpha value is -2.25. The first-order valence-corrected chi connectivity index (χ1v) is 10.7. The van der Waals surface area contributed by atoms with E-state index in [0.717, 1.165) is 35.9 Å². The third-order valence-electron chi connectivity index (χ3n) is 5.32. The van der Waals surface area contributed by atoms with Gasteiger partial charge in [-0.15, -0.1) is 0 Å². The molecule has 37 heavy (non-hydrogen) atoms. The Morgan fingerprint density at radius 2 is 1.51 bits per heavy atom. The second kappa shape index (κ2) is 14.1. The number of benzene rings is 2. The van der Waals surface area contributed by atoms with Crippen molar-refractivity contribution in [1.82, 2.24) is 10.3 Å². The zero-order chi connectivity index (χ0) is 25.6. The van der Waals surface area contributed by atoms with Crippen molar-refractivity contribution in [2.24, 2.45) is 0 Å². The van der Waals surface area contributed by atoms with Gasteiger partial charge in [-0.05, 0) is 41.8 Å². The number of aromatic nitrogens is 1. The third-order valence-corrected chi connectivity index (χ3v) is 5.32. The highest BCUT2D eigenvalue weighted by Gasteiger charge is 2.34. The molecule has 4 nitrogen and oxygen atoms in total. The van der Waals surface area contributed by atoms with E-state index in [4.69, 9.17) is 4.74 Å². The second-order valence-electron chi connectivity index (χ2n) is 8.01. The number of rotatable bonds is 9. The lowest BCUT2D eigenvalue weighted by molar-refractivity contribution is -0.141. The van der Waals surface area contributed by atoms with E-state index in [0.29, 0.717) is 13.0 Å². The molecule has 0 amide bonds. The Kier molecular flexibility index (Phi) is 12.5. The van der Waals surface area contributed by atoms with Gasteiger partial charge in [0.2, 0.25) is 0 Å². The van der Waals surface area contributed by atoms with Crippen LogP contribution in [0.1, 0.15) is 28.5 Å². The Bertz CT molecular complexity index is 1100. The zero-order valence-corrected chi connectivity index (χ0v) is 21.7. The fourth-order valence-corrected chi connectivity index (χ4v) is 3.55. The van der Waals surface area contributed by atoms with Gasteiger partial charge in [-0.25, -0.2) is 4.98 Å². The van der Waals surface area contributed by atoms with Gasteiger partial charge in [-0.1, -0.05) is 42.5 Å². The standard InChI is InChI=1S/C25H24F6N2O2.2H2S/c1-35-15-20(11-16-5-3-2-4-6-16)32-14-22(34)18-12-21(33-23(13-18)25(29,30)31)17-7-9-19(10-8-17)24(26,27)28;;/h2-10,12-13,20,22,32,34H,11,14-15H2,1H3;2*1H2/t20-,22+;;/m0../s1. The molecule has 3 aromatic rings. The number of pyridine rings is 1. The van der Waals surface area contributed by atoms with Gasteiger partial charge in [0.05, 0.1) is 24.0 Å². The largest absolute Gasteiger partial charge is 0.433 e. The number of ether oxygens (including phenoxy) is 1. The first-order chi connectivity index (χ1) is 16.5. The molecule has 0 bridgehead atoms. The first-order valence-electron chi connectivity index (χ1n) is 10.7. The molecule has 2 N–H and O–H groups in total. The predicted molar refractivity (Wildman–Crippen MR) is 139 cm³/mol. The molecule has 1 heterocycles. The molecule has 0 aliphatic heterocycles. The van der Waals surface area contributed by atoms with Gasteiger partial charge in [0.1, 0.15) is 5.69 Å². The summed E-state index contributed by atoms with van der Waals surface area (Å²) < 4.78 is 84.2. The summed E-state index contributed by atoms with van der Waals surface area (Å²) in [5.74, 6) is 0. The van der Waals surface area contributed by atoms with Crippen LogP contribution < -0.4 is 5.32 Å². The minimum Gasteiger partial charge on any atom is -0.387 e. The summed E-state index contributed by atoms with van der Waals surface area (Å²) in [4.78, 5) is 3.57. The van der Waals surface area contributed by atoms with Crippen LogP contribution in [0.2, 0.25) is 0 Å². The Morgan fingerprint density at radius 3 is 2.05 bits per heavy atom. The lowest BCUT2D eigenvalue weighted by atomic mass is 10.0. The molecule has 0 saturated carbocycles. The minimum atomic E-state index is -4.81. The molecule has 3 rings (SSSR count). The molecule has 12 heteroatoms. The van der Waals surface area contributed by atoms with Crippen LogP contribution in [0.5, 0.6) is 0 Å². The molecular formula is C25H28F6N2O2S2. The summed E-state index contributed by atoms with van der Waals surface area (Å²) in [6, 6.07) is 14.9. The van der Waals surface area contributed by atoms with Gasteiger partial charge < -0.3 is 15.2 Å². The maximum atomic E-state index is 13.5. The van der Waals surface area contributed by atoms with Crippen molar-refractivity contribution >= 4 is 27.0 Å². The van der Waals surface area contributed by atoms with Crippen LogP contribution in [-0.2, 0) is 23.5 Å². The second-order valence-corrected chi connectivity index (χ2v) is 8.01. The molecule has 0 radical (unpaired) electrons. The van der Waals surface area contributed by atoms with Gasteiger partial charge in [-0.2, -0.15) is 53.3 Å². The van der Waals surface area contributed by atoms with E-state index >= 15 is 0 Å². The normalized spacial score (nSPS) is 13.3. The van der Waals surface area contributed by atoms with Gasteiger partial charge >= 0.3 is 12.4 Å². The average Bonchev–Trinajstić information content (AvgIpc) is 2.82. The molecule has 0 unspecified atom stereocenters. The lowest BCUT2D eigenvalue weighted by Crippen LogP contribution is -2.38. The zero-order valence-electron chi connectivity index (χ0n) is 19.7. The van der Waals surface area contributed by atoms with Crippen molar-refractivity contribution in [3.63, 3.8) is 0 Å². The number of nitrogens with one attached hydrogen (secondary N) is 1. The van der Waals surface area contributed by atoms with Crippen molar-refractivity contribution in [2.75, 3.05) is 20.3 Å². The number of alkyl halides is 6. The van der Waals surface area contributed by atoms with Crippen LogP contribution in [0.15, 0.2) is 66.7 Å². The summed E-state index contributed by atoms with van der Waals surface area (Å²) in [5, 5.41) is 13.8. The summed E-state index contributed by atoms with van der Waals surface area (Å²) >= 11 is 0. The molecule has 0 saturated heterocycles. The molecule has 1 aromatic heterocycles. The molecule has 0 fully saturated rings.